The van der Waals surface area contributed by atoms with E-state index in [-0.39, 0.29) is 34.3 Å². The molecular weight excluding hydrogens is 500 g/mol. The number of benzene rings is 2. The van der Waals surface area contributed by atoms with E-state index in [1.807, 2.05) is 6.07 Å². The standard InChI is InChI=1S/C16H14Cl2INO4S/c17-11-6-7-14(18)15(9-11)25(23,24)20(8-2-5-16(21)22)13-4-1-3-12(19)10-13/h1,3-4,6-7,9-10H,2,5,8H2,(H,21,22). The van der Waals surface area contributed by atoms with Crippen molar-refractivity contribution in [2.75, 3.05) is 10.8 Å². The third-order valence-electron chi connectivity index (χ3n) is 3.31. The van der Waals surface area contributed by atoms with Crippen molar-refractivity contribution in [2.45, 2.75) is 17.7 Å². The monoisotopic (exact) mass is 513 g/mol. The summed E-state index contributed by atoms with van der Waals surface area (Å²) in [6.07, 6.45) is 0.0252. The van der Waals surface area contributed by atoms with Gasteiger partial charge >= 0.3 is 5.97 Å². The molecule has 2 rings (SSSR count). The van der Waals surface area contributed by atoms with Crippen LogP contribution in [0, 0.1) is 3.57 Å². The Morgan fingerprint density at radius 1 is 1.16 bits per heavy atom. The van der Waals surface area contributed by atoms with Crippen LogP contribution < -0.4 is 4.31 Å². The van der Waals surface area contributed by atoms with Crippen molar-refractivity contribution in [3.8, 4) is 0 Å². The summed E-state index contributed by atoms with van der Waals surface area (Å²) in [5.74, 6) is -0.985. The van der Waals surface area contributed by atoms with Crippen LogP contribution in [0.3, 0.4) is 0 Å². The SMILES string of the molecule is O=C(O)CCCN(c1cccc(I)c1)S(=O)(=O)c1cc(Cl)ccc1Cl. The van der Waals surface area contributed by atoms with Crippen LogP contribution in [0.1, 0.15) is 12.8 Å². The van der Waals surface area contributed by atoms with Gasteiger partial charge in [0.1, 0.15) is 4.90 Å². The van der Waals surface area contributed by atoms with Gasteiger partial charge in [0.25, 0.3) is 10.0 Å². The van der Waals surface area contributed by atoms with Crippen LogP contribution >= 0.6 is 45.8 Å². The first-order valence-electron chi connectivity index (χ1n) is 7.17. The number of rotatable bonds is 7. The average molecular weight is 514 g/mol. The van der Waals surface area contributed by atoms with Gasteiger partial charge < -0.3 is 5.11 Å². The summed E-state index contributed by atoms with van der Waals surface area (Å²) in [5.41, 5.74) is 0.438. The largest absolute Gasteiger partial charge is 0.481 e. The van der Waals surface area contributed by atoms with Crippen molar-refractivity contribution in [1.82, 2.24) is 0 Å². The third kappa shape index (κ3) is 5.22. The maximum atomic E-state index is 13.1. The van der Waals surface area contributed by atoms with E-state index in [1.165, 1.54) is 18.2 Å². The summed E-state index contributed by atoms with van der Waals surface area (Å²) >= 11 is 14.1. The second-order valence-corrected chi connectivity index (χ2v) is 9.05. The highest BCUT2D eigenvalue weighted by molar-refractivity contribution is 14.1. The Labute approximate surface area is 169 Å². The first-order valence-corrected chi connectivity index (χ1v) is 10.4. The molecule has 25 heavy (non-hydrogen) atoms. The van der Waals surface area contributed by atoms with Crippen LogP contribution in [-0.2, 0) is 14.8 Å². The number of aliphatic carboxylic acids is 1. The van der Waals surface area contributed by atoms with Gasteiger partial charge in [-0.2, -0.15) is 0 Å². The summed E-state index contributed by atoms with van der Waals surface area (Å²) in [7, 11) is -4.00. The van der Waals surface area contributed by atoms with Gasteiger partial charge in [-0.15, -0.1) is 0 Å². The summed E-state index contributed by atoms with van der Waals surface area (Å²) in [6, 6.07) is 11.1. The number of carboxylic acid groups (broad SMARTS) is 1. The predicted octanol–water partition coefficient (Wildman–Crippen LogP) is 4.66. The van der Waals surface area contributed by atoms with Crippen LogP contribution in [0.2, 0.25) is 10.0 Å². The molecule has 2 aromatic rings. The van der Waals surface area contributed by atoms with E-state index in [4.69, 9.17) is 28.3 Å². The lowest BCUT2D eigenvalue weighted by atomic mass is 10.3. The van der Waals surface area contributed by atoms with E-state index in [9.17, 15) is 13.2 Å². The average Bonchev–Trinajstić information content (AvgIpc) is 2.53. The molecule has 0 aliphatic carbocycles. The fourth-order valence-electron chi connectivity index (χ4n) is 2.19. The fourth-order valence-corrected chi connectivity index (χ4v) is 4.95. The number of carboxylic acids is 1. The Balaban J connectivity index is 2.49. The second-order valence-electron chi connectivity index (χ2n) is 5.13. The highest BCUT2D eigenvalue weighted by Crippen LogP contribution is 2.31. The number of hydrogen-bond acceptors (Lipinski definition) is 3. The molecule has 0 aromatic heterocycles. The molecule has 0 radical (unpaired) electrons. The van der Waals surface area contributed by atoms with Crippen molar-refractivity contribution < 1.29 is 18.3 Å². The van der Waals surface area contributed by atoms with Crippen molar-refractivity contribution in [1.29, 1.82) is 0 Å². The van der Waals surface area contributed by atoms with Crippen molar-refractivity contribution in [3.05, 3.63) is 56.1 Å². The summed E-state index contributed by atoms with van der Waals surface area (Å²) in [5, 5.41) is 9.13. The molecule has 1 N–H and O–H groups in total. The Morgan fingerprint density at radius 2 is 1.88 bits per heavy atom. The maximum Gasteiger partial charge on any atom is 0.303 e. The number of carbonyl (C=O) groups is 1. The van der Waals surface area contributed by atoms with Crippen molar-refractivity contribution in [3.63, 3.8) is 0 Å². The van der Waals surface area contributed by atoms with E-state index in [0.717, 1.165) is 7.88 Å². The van der Waals surface area contributed by atoms with E-state index < -0.39 is 16.0 Å². The van der Waals surface area contributed by atoms with Gasteiger partial charge in [0.2, 0.25) is 0 Å². The normalized spacial score (nSPS) is 11.3. The topological polar surface area (TPSA) is 74.7 Å². The molecule has 0 aliphatic heterocycles. The van der Waals surface area contributed by atoms with Crippen LogP contribution in [0.15, 0.2) is 47.4 Å². The first-order chi connectivity index (χ1) is 11.7. The van der Waals surface area contributed by atoms with Gasteiger partial charge in [-0.05, 0) is 65.4 Å². The molecule has 0 heterocycles. The minimum Gasteiger partial charge on any atom is -0.481 e. The number of hydrogen-bond donors (Lipinski definition) is 1. The number of nitrogens with zero attached hydrogens (tertiary/aromatic N) is 1. The Bertz CT molecular complexity index is 889. The van der Waals surface area contributed by atoms with Crippen molar-refractivity contribution >= 4 is 67.5 Å². The first kappa shape index (κ1) is 20.3. The van der Waals surface area contributed by atoms with Crippen LogP contribution in [0.4, 0.5) is 5.69 Å². The van der Waals surface area contributed by atoms with E-state index in [1.54, 1.807) is 18.2 Å². The molecule has 0 bridgehead atoms. The highest BCUT2D eigenvalue weighted by atomic mass is 127. The van der Waals surface area contributed by atoms with Gasteiger partial charge in [0.05, 0.1) is 10.7 Å². The van der Waals surface area contributed by atoms with Gasteiger partial charge in [0.15, 0.2) is 0 Å². The van der Waals surface area contributed by atoms with Crippen LogP contribution in [0.25, 0.3) is 0 Å². The molecule has 2 aromatic carbocycles. The molecule has 5 nitrogen and oxygen atoms in total. The van der Waals surface area contributed by atoms with Gasteiger partial charge in [-0.25, -0.2) is 8.42 Å². The molecule has 0 atom stereocenters. The zero-order chi connectivity index (χ0) is 18.6. The summed E-state index contributed by atoms with van der Waals surface area (Å²) in [6.45, 7) is 0.0115. The maximum absolute atomic E-state index is 13.1. The molecule has 0 saturated heterocycles. The predicted molar refractivity (Wildman–Crippen MR) is 107 cm³/mol. The Hall–Kier alpha value is -1.03. The van der Waals surface area contributed by atoms with Crippen LogP contribution in [-0.4, -0.2) is 26.0 Å². The second kappa shape index (κ2) is 8.57. The lowest BCUT2D eigenvalue weighted by Gasteiger charge is -2.25. The van der Waals surface area contributed by atoms with Gasteiger partial charge in [-0.1, -0.05) is 29.3 Å². The lowest BCUT2D eigenvalue weighted by molar-refractivity contribution is -0.137. The minimum absolute atomic E-state index is 0.0115. The fraction of sp³-hybridized carbons (Fsp3) is 0.188. The zero-order valence-electron chi connectivity index (χ0n) is 12.8. The van der Waals surface area contributed by atoms with E-state index >= 15 is 0 Å². The molecule has 0 fully saturated rings. The molecule has 0 saturated carbocycles. The van der Waals surface area contributed by atoms with Gasteiger partial charge in [0, 0.05) is 21.6 Å². The molecule has 0 spiro atoms. The summed E-state index contributed by atoms with van der Waals surface area (Å²) in [4.78, 5) is 10.7. The third-order valence-corrected chi connectivity index (χ3v) is 6.52. The summed E-state index contributed by atoms with van der Waals surface area (Å²) < 4.78 is 28.3. The molecule has 9 heteroatoms. The number of halogens is 3. The van der Waals surface area contributed by atoms with Crippen molar-refractivity contribution in [2.24, 2.45) is 0 Å². The molecule has 134 valence electrons. The smallest absolute Gasteiger partial charge is 0.303 e. The van der Waals surface area contributed by atoms with E-state index in [2.05, 4.69) is 22.6 Å². The number of sulfonamides is 1. The Morgan fingerprint density at radius 3 is 2.52 bits per heavy atom. The molecule has 0 amide bonds. The quantitative estimate of drug-likeness (QED) is 0.546. The molecular formula is C16H14Cl2INO4S. The Kier molecular flexibility index (Phi) is 6.95. The molecule has 0 aliphatic rings. The number of anilines is 1. The zero-order valence-corrected chi connectivity index (χ0v) is 17.3. The highest BCUT2D eigenvalue weighted by Gasteiger charge is 2.27. The van der Waals surface area contributed by atoms with E-state index in [0.29, 0.717) is 5.69 Å². The minimum atomic E-state index is -4.00. The lowest BCUT2D eigenvalue weighted by Crippen LogP contribution is -2.32. The van der Waals surface area contributed by atoms with Gasteiger partial charge in [-0.3, -0.25) is 9.10 Å². The van der Waals surface area contributed by atoms with Crippen LogP contribution in [0.5, 0.6) is 0 Å². The molecule has 0 unspecified atom stereocenters.